The highest BCUT2D eigenvalue weighted by atomic mass is 31.2. The van der Waals surface area contributed by atoms with E-state index in [1.807, 2.05) is 0 Å². The Bertz CT molecular complexity index is 1350. The van der Waals surface area contributed by atoms with Crippen LogP contribution >= 0.6 is 7.82 Å². The maximum Gasteiger partial charge on any atom is 0.472 e. The van der Waals surface area contributed by atoms with Crippen molar-refractivity contribution in [2.24, 2.45) is 5.73 Å². The Morgan fingerprint density at radius 3 is 1.32 bits per heavy atom. The molecular formula is C53H90NO8P. The zero-order valence-corrected chi connectivity index (χ0v) is 40.7. The van der Waals surface area contributed by atoms with Gasteiger partial charge in [-0.1, -0.05) is 182 Å². The minimum absolute atomic E-state index is 0.0411. The summed E-state index contributed by atoms with van der Waals surface area (Å²) in [5, 5.41) is 0. The van der Waals surface area contributed by atoms with Gasteiger partial charge >= 0.3 is 19.8 Å². The van der Waals surface area contributed by atoms with Crippen molar-refractivity contribution in [3.8, 4) is 0 Å². The van der Waals surface area contributed by atoms with E-state index < -0.39 is 32.5 Å². The van der Waals surface area contributed by atoms with Crippen LogP contribution in [-0.4, -0.2) is 49.3 Å². The van der Waals surface area contributed by atoms with E-state index in [4.69, 9.17) is 24.3 Å². The van der Waals surface area contributed by atoms with E-state index in [0.717, 1.165) is 89.9 Å². The molecule has 63 heavy (non-hydrogen) atoms. The standard InChI is InChI=1S/C53H90NO8P/c1-3-5-7-9-11-13-15-17-19-21-23-24-25-26-28-29-31-33-35-37-39-41-43-45-52(55)59-49-51(50-61-63(57,58)60-48-47-54)62-53(56)46-44-42-40-38-36-34-32-30-27-22-20-18-16-14-12-10-8-6-4-2/h6,8,12,14-15,17-18,20-21,23,25-27,30,34,36,51H,3-5,7,9-11,13,16,19,22,24,28-29,31-33,35,37-50,54H2,1-2H3,(H,57,58)/b8-6-,14-12-,17-15-,20-18-,23-21-,26-25-,30-27-,36-34-. The monoisotopic (exact) mass is 900 g/mol. The van der Waals surface area contributed by atoms with Crippen LogP contribution in [0.3, 0.4) is 0 Å². The molecule has 0 amide bonds. The van der Waals surface area contributed by atoms with Crippen molar-refractivity contribution in [2.45, 2.75) is 200 Å². The van der Waals surface area contributed by atoms with Crippen molar-refractivity contribution < 1.29 is 37.6 Å². The number of rotatable bonds is 45. The highest BCUT2D eigenvalue weighted by molar-refractivity contribution is 7.47. The Morgan fingerprint density at radius 2 is 0.873 bits per heavy atom. The van der Waals surface area contributed by atoms with Gasteiger partial charge in [-0.3, -0.25) is 18.6 Å². The molecule has 0 aliphatic heterocycles. The summed E-state index contributed by atoms with van der Waals surface area (Å²) in [5.74, 6) is -0.881. The Hall–Kier alpha value is -3.07. The van der Waals surface area contributed by atoms with Gasteiger partial charge in [0.15, 0.2) is 6.10 Å². The lowest BCUT2D eigenvalue weighted by atomic mass is 10.1. The fourth-order valence-corrected chi connectivity index (χ4v) is 7.08. The molecule has 10 heteroatoms. The molecule has 0 aromatic carbocycles. The summed E-state index contributed by atoms with van der Waals surface area (Å²) in [6.45, 7) is 3.55. The van der Waals surface area contributed by atoms with Gasteiger partial charge in [-0.25, -0.2) is 4.57 Å². The van der Waals surface area contributed by atoms with Gasteiger partial charge in [0.05, 0.1) is 13.2 Å². The number of allylic oxidation sites excluding steroid dienone is 16. The number of esters is 2. The van der Waals surface area contributed by atoms with Crippen molar-refractivity contribution in [1.82, 2.24) is 0 Å². The molecule has 2 atom stereocenters. The molecule has 0 aliphatic rings. The van der Waals surface area contributed by atoms with Crippen LogP contribution in [0.5, 0.6) is 0 Å². The van der Waals surface area contributed by atoms with Crippen molar-refractivity contribution in [3.63, 3.8) is 0 Å². The highest BCUT2D eigenvalue weighted by Gasteiger charge is 2.26. The van der Waals surface area contributed by atoms with Crippen LogP contribution in [0, 0.1) is 0 Å². The lowest BCUT2D eigenvalue weighted by Crippen LogP contribution is -2.29. The maximum absolute atomic E-state index is 12.6. The van der Waals surface area contributed by atoms with Gasteiger partial charge in [0.25, 0.3) is 0 Å². The first-order chi connectivity index (χ1) is 30.8. The number of unbranched alkanes of at least 4 members (excludes halogenated alkanes) is 16. The third kappa shape index (κ3) is 48.2. The molecular weight excluding hydrogens is 810 g/mol. The molecule has 2 unspecified atom stereocenters. The van der Waals surface area contributed by atoms with E-state index in [1.54, 1.807) is 0 Å². The molecule has 0 saturated heterocycles. The normalized spacial score (nSPS) is 14.0. The van der Waals surface area contributed by atoms with Gasteiger partial charge in [-0.15, -0.1) is 0 Å². The predicted molar refractivity (Wildman–Crippen MR) is 265 cm³/mol. The fraction of sp³-hybridized carbons (Fsp3) is 0.660. The van der Waals surface area contributed by atoms with E-state index in [2.05, 4.69) is 111 Å². The van der Waals surface area contributed by atoms with Crippen LogP contribution in [0.4, 0.5) is 0 Å². The first-order valence-electron chi connectivity index (χ1n) is 24.7. The molecule has 0 spiro atoms. The Balaban J connectivity index is 4.17. The van der Waals surface area contributed by atoms with Crippen molar-refractivity contribution >= 4 is 19.8 Å². The van der Waals surface area contributed by atoms with Gasteiger partial charge in [0.2, 0.25) is 0 Å². The third-order valence-corrected chi connectivity index (χ3v) is 10.9. The summed E-state index contributed by atoms with van der Waals surface area (Å²) in [4.78, 5) is 35.0. The van der Waals surface area contributed by atoms with E-state index in [0.29, 0.717) is 12.8 Å². The summed E-state index contributed by atoms with van der Waals surface area (Å²) in [7, 11) is -4.40. The molecule has 0 aliphatic carbocycles. The second kappa shape index (κ2) is 48.4. The van der Waals surface area contributed by atoms with Crippen LogP contribution in [0.25, 0.3) is 0 Å². The second-order valence-corrected chi connectivity index (χ2v) is 17.4. The quantitative estimate of drug-likeness (QED) is 0.0265. The first-order valence-corrected chi connectivity index (χ1v) is 26.2. The zero-order chi connectivity index (χ0) is 46.0. The lowest BCUT2D eigenvalue weighted by molar-refractivity contribution is -0.161. The first kappa shape index (κ1) is 59.9. The molecule has 0 radical (unpaired) electrons. The predicted octanol–water partition coefficient (Wildman–Crippen LogP) is 14.9. The number of hydrogen-bond acceptors (Lipinski definition) is 8. The van der Waals surface area contributed by atoms with Crippen LogP contribution in [0.1, 0.15) is 194 Å². The van der Waals surface area contributed by atoms with Crippen LogP contribution < -0.4 is 5.73 Å². The number of ether oxygens (including phenoxy) is 2. The maximum atomic E-state index is 12.6. The molecule has 3 N–H and O–H groups in total. The minimum Gasteiger partial charge on any atom is -0.462 e. The van der Waals surface area contributed by atoms with Gasteiger partial charge in [-0.2, -0.15) is 0 Å². The summed E-state index contributed by atoms with van der Waals surface area (Å²) in [5.41, 5.74) is 5.36. The average molecular weight is 900 g/mol. The summed E-state index contributed by atoms with van der Waals surface area (Å²) >= 11 is 0. The lowest BCUT2D eigenvalue weighted by Gasteiger charge is -2.19. The Labute approximate surface area is 385 Å². The highest BCUT2D eigenvalue weighted by Crippen LogP contribution is 2.43. The van der Waals surface area contributed by atoms with Crippen LogP contribution in [0.2, 0.25) is 0 Å². The SMILES string of the molecule is CC/C=C\C/C=C\C/C=C\C/C=C\C/C=C\CCCCCC(=O)OC(COC(=O)CCCCCCCCCC/C=C\C/C=C\C/C=C\CCCCCCC)COP(=O)(O)OCCN. The van der Waals surface area contributed by atoms with E-state index in [-0.39, 0.29) is 32.6 Å². The minimum atomic E-state index is -4.40. The van der Waals surface area contributed by atoms with E-state index >= 15 is 0 Å². The smallest absolute Gasteiger partial charge is 0.462 e. The van der Waals surface area contributed by atoms with Gasteiger partial charge in [0, 0.05) is 19.4 Å². The van der Waals surface area contributed by atoms with E-state index in [9.17, 15) is 19.0 Å². The molecule has 0 rings (SSSR count). The largest absolute Gasteiger partial charge is 0.472 e. The number of phosphoric ester groups is 1. The van der Waals surface area contributed by atoms with Crippen molar-refractivity contribution in [1.29, 1.82) is 0 Å². The second-order valence-electron chi connectivity index (χ2n) is 15.9. The summed E-state index contributed by atoms with van der Waals surface area (Å²) < 4.78 is 32.9. The fourth-order valence-electron chi connectivity index (χ4n) is 6.31. The van der Waals surface area contributed by atoms with Gasteiger partial charge in [-0.05, 0) is 96.3 Å². The third-order valence-electron chi connectivity index (χ3n) is 9.95. The molecule has 360 valence electrons. The topological polar surface area (TPSA) is 134 Å². The summed E-state index contributed by atoms with van der Waals surface area (Å²) in [6, 6.07) is 0. The number of carbonyl (C=O) groups excluding carboxylic acids is 2. The van der Waals surface area contributed by atoms with Gasteiger partial charge in [0.1, 0.15) is 6.61 Å². The van der Waals surface area contributed by atoms with Crippen molar-refractivity contribution in [2.75, 3.05) is 26.4 Å². The molecule has 0 aromatic rings. The molecule has 0 heterocycles. The number of hydrogen-bond donors (Lipinski definition) is 2. The molecule has 0 bridgehead atoms. The average Bonchev–Trinajstić information content (AvgIpc) is 3.27. The molecule has 9 nitrogen and oxygen atoms in total. The summed E-state index contributed by atoms with van der Waals surface area (Å²) in [6.07, 6.45) is 63.0. The van der Waals surface area contributed by atoms with Crippen molar-refractivity contribution in [3.05, 3.63) is 97.2 Å². The Morgan fingerprint density at radius 1 is 0.492 bits per heavy atom. The molecule has 0 fully saturated rings. The van der Waals surface area contributed by atoms with E-state index in [1.165, 1.54) is 64.2 Å². The van der Waals surface area contributed by atoms with Crippen LogP contribution in [0.15, 0.2) is 97.2 Å². The zero-order valence-electron chi connectivity index (χ0n) is 39.8. The number of phosphoric acid groups is 1. The Kier molecular flexibility index (Phi) is 46.0. The van der Waals surface area contributed by atoms with Gasteiger partial charge < -0.3 is 20.1 Å². The number of carbonyl (C=O) groups is 2. The van der Waals surface area contributed by atoms with Crippen LogP contribution in [-0.2, 0) is 32.7 Å². The molecule has 0 aromatic heterocycles. The number of nitrogens with two attached hydrogens (primary N) is 1. The molecule has 0 saturated carbocycles.